The van der Waals surface area contributed by atoms with Gasteiger partial charge in [-0.3, -0.25) is 4.90 Å². The van der Waals surface area contributed by atoms with E-state index in [1.807, 2.05) is 12.1 Å². The molecule has 2 aromatic carbocycles. The maximum Gasteiger partial charge on any atom is 0.191 e. The Morgan fingerprint density at radius 1 is 1.03 bits per heavy atom. The lowest BCUT2D eigenvalue weighted by Gasteiger charge is -2.33. The highest BCUT2D eigenvalue weighted by molar-refractivity contribution is 14.0. The minimum atomic E-state index is -0.174. The molecule has 0 radical (unpaired) electrons. The summed E-state index contributed by atoms with van der Waals surface area (Å²) in [6.07, 6.45) is 6.57. The molecule has 33 heavy (non-hydrogen) atoms. The van der Waals surface area contributed by atoms with Crippen LogP contribution in [0.25, 0.3) is 0 Å². The van der Waals surface area contributed by atoms with Crippen molar-refractivity contribution >= 4 is 35.6 Å². The van der Waals surface area contributed by atoms with Crippen LogP contribution in [-0.4, -0.2) is 49.6 Å². The number of piperidine rings is 1. The maximum absolute atomic E-state index is 13.1. The van der Waals surface area contributed by atoms with Gasteiger partial charge in [-0.15, -0.1) is 24.0 Å². The zero-order valence-electron chi connectivity index (χ0n) is 19.3. The van der Waals surface area contributed by atoms with Crippen LogP contribution in [0.2, 0.25) is 0 Å². The zero-order valence-corrected chi connectivity index (χ0v) is 21.7. The van der Waals surface area contributed by atoms with Gasteiger partial charge in [-0.25, -0.2) is 9.38 Å². The van der Waals surface area contributed by atoms with E-state index < -0.39 is 0 Å². The second kappa shape index (κ2) is 12.9. The number of hydrogen-bond acceptors (Lipinski definition) is 3. The Morgan fingerprint density at radius 3 is 2.45 bits per heavy atom. The Labute approximate surface area is 214 Å². The highest BCUT2D eigenvalue weighted by Crippen LogP contribution is 2.19. The van der Waals surface area contributed by atoms with E-state index in [9.17, 15) is 4.39 Å². The van der Waals surface area contributed by atoms with E-state index in [-0.39, 0.29) is 29.8 Å². The summed E-state index contributed by atoms with van der Waals surface area (Å²) in [6.45, 7) is 8.50. The SMILES string of the molecule is CCNC(=NCc1cccc(N2CC=CC2)c1)NC1CCN(Cc2ccc(F)cc2)CC1.I. The van der Waals surface area contributed by atoms with E-state index in [4.69, 9.17) is 4.99 Å². The number of likely N-dealkylation sites (tertiary alicyclic amines) is 1. The van der Waals surface area contributed by atoms with Crippen LogP contribution < -0.4 is 15.5 Å². The van der Waals surface area contributed by atoms with Gasteiger partial charge in [-0.2, -0.15) is 0 Å². The molecule has 0 aromatic heterocycles. The van der Waals surface area contributed by atoms with Gasteiger partial charge >= 0.3 is 0 Å². The molecule has 2 N–H and O–H groups in total. The second-order valence-corrected chi connectivity index (χ2v) is 8.56. The number of nitrogens with one attached hydrogen (secondary N) is 2. The molecule has 0 spiro atoms. The molecular weight excluding hydrogens is 528 g/mol. The molecule has 0 saturated carbocycles. The largest absolute Gasteiger partial charge is 0.364 e. The van der Waals surface area contributed by atoms with Crippen molar-refractivity contribution in [2.75, 3.05) is 37.6 Å². The number of rotatable bonds is 7. The van der Waals surface area contributed by atoms with E-state index >= 15 is 0 Å². The highest BCUT2D eigenvalue weighted by atomic mass is 127. The zero-order chi connectivity index (χ0) is 22.2. The third-order valence-corrected chi connectivity index (χ3v) is 6.11. The summed E-state index contributed by atoms with van der Waals surface area (Å²) in [5.41, 5.74) is 3.65. The van der Waals surface area contributed by atoms with Gasteiger partial charge in [0.05, 0.1) is 6.54 Å². The summed E-state index contributed by atoms with van der Waals surface area (Å²) < 4.78 is 13.1. The van der Waals surface area contributed by atoms with Gasteiger partial charge in [-0.1, -0.05) is 36.4 Å². The van der Waals surface area contributed by atoms with E-state index in [0.717, 1.165) is 58.1 Å². The fourth-order valence-electron chi connectivity index (χ4n) is 4.31. The van der Waals surface area contributed by atoms with Gasteiger partial charge in [0.15, 0.2) is 5.96 Å². The minimum Gasteiger partial charge on any atom is -0.364 e. The fourth-order valence-corrected chi connectivity index (χ4v) is 4.31. The van der Waals surface area contributed by atoms with Gasteiger partial charge in [0.25, 0.3) is 0 Å². The smallest absolute Gasteiger partial charge is 0.191 e. The number of guanidine groups is 1. The molecule has 0 aliphatic carbocycles. The van der Waals surface area contributed by atoms with Crippen molar-refractivity contribution < 1.29 is 4.39 Å². The van der Waals surface area contributed by atoms with Crippen LogP contribution in [0.3, 0.4) is 0 Å². The molecule has 2 aliphatic rings. The molecule has 0 atom stereocenters. The number of nitrogens with zero attached hydrogens (tertiary/aromatic N) is 3. The van der Waals surface area contributed by atoms with Gasteiger partial charge in [0, 0.05) is 51.0 Å². The van der Waals surface area contributed by atoms with Crippen LogP contribution in [0, 0.1) is 5.82 Å². The molecule has 1 saturated heterocycles. The van der Waals surface area contributed by atoms with Crippen molar-refractivity contribution in [3.8, 4) is 0 Å². The quantitative estimate of drug-likeness (QED) is 0.225. The topological polar surface area (TPSA) is 42.9 Å². The standard InChI is InChI=1S/C26H34FN5.HI/c1-2-28-26(29-19-22-6-5-7-25(18-22)32-14-3-4-15-32)30-24-12-16-31(17-13-24)20-21-8-10-23(27)11-9-21;/h3-11,18,24H,2,12-17,19-20H2,1H3,(H2,28,29,30);1H. The monoisotopic (exact) mass is 563 g/mol. The van der Waals surface area contributed by atoms with E-state index in [1.165, 1.54) is 16.8 Å². The summed E-state index contributed by atoms with van der Waals surface area (Å²) >= 11 is 0. The molecule has 7 heteroatoms. The summed E-state index contributed by atoms with van der Waals surface area (Å²) in [4.78, 5) is 9.65. The Hall–Kier alpha value is -2.13. The molecule has 178 valence electrons. The van der Waals surface area contributed by atoms with Crippen molar-refractivity contribution in [1.29, 1.82) is 0 Å². The number of halogens is 2. The van der Waals surface area contributed by atoms with Crippen LogP contribution in [0.5, 0.6) is 0 Å². The highest BCUT2D eigenvalue weighted by Gasteiger charge is 2.20. The van der Waals surface area contributed by atoms with Crippen LogP contribution in [-0.2, 0) is 13.1 Å². The van der Waals surface area contributed by atoms with Gasteiger partial charge < -0.3 is 15.5 Å². The first-order chi connectivity index (χ1) is 15.7. The molecule has 2 aromatic rings. The third kappa shape index (κ3) is 7.71. The number of hydrogen-bond donors (Lipinski definition) is 2. The molecule has 2 heterocycles. The first-order valence-corrected chi connectivity index (χ1v) is 11.7. The van der Waals surface area contributed by atoms with E-state index in [2.05, 4.69) is 63.8 Å². The summed E-state index contributed by atoms with van der Waals surface area (Å²) in [6, 6.07) is 15.9. The summed E-state index contributed by atoms with van der Waals surface area (Å²) in [5, 5.41) is 7.03. The normalized spacial score (nSPS) is 17.2. The average Bonchev–Trinajstić information content (AvgIpc) is 3.36. The predicted octanol–water partition coefficient (Wildman–Crippen LogP) is 4.54. The molecule has 0 amide bonds. The molecule has 4 rings (SSSR count). The lowest BCUT2D eigenvalue weighted by molar-refractivity contribution is 0.198. The number of anilines is 1. The number of benzene rings is 2. The molecule has 0 unspecified atom stereocenters. The molecule has 0 bridgehead atoms. The van der Waals surface area contributed by atoms with Gasteiger partial charge in [0.2, 0.25) is 0 Å². The molecule has 1 fully saturated rings. The lowest BCUT2D eigenvalue weighted by atomic mass is 10.0. The Balaban J connectivity index is 0.00000306. The maximum atomic E-state index is 13.1. The Kier molecular flexibility index (Phi) is 9.99. The van der Waals surface area contributed by atoms with Crippen molar-refractivity contribution in [2.45, 2.75) is 38.9 Å². The van der Waals surface area contributed by atoms with Gasteiger partial charge in [-0.05, 0) is 55.2 Å². The predicted molar refractivity (Wildman–Crippen MR) is 146 cm³/mol. The van der Waals surface area contributed by atoms with Crippen LogP contribution in [0.4, 0.5) is 10.1 Å². The van der Waals surface area contributed by atoms with Crippen molar-refractivity contribution in [1.82, 2.24) is 15.5 Å². The average molecular weight is 564 g/mol. The first-order valence-electron chi connectivity index (χ1n) is 11.7. The van der Waals surface area contributed by atoms with Crippen LogP contribution in [0.1, 0.15) is 30.9 Å². The van der Waals surface area contributed by atoms with Crippen molar-refractivity contribution in [3.05, 3.63) is 77.6 Å². The third-order valence-electron chi connectivity index (χ3n) is 6.11. The Bertz CT molecular complexity index is 915. The second-order valence-electron chi connectivity index (χ2n) is 8.56. The van der Waals surface area contributed by atoms with Crippen molar-refractivity contribution in [3.63, 3.8) is 0 Å². The summed E-state index contributed by atoms with van der Waals surface area (Å²) in [7, 11) is 0. The summed E-state index contributed by atoms with van der Waals surface area (Å²) in [5.74, 6) is 0.712. The first kappa shape index (κ1) is 25.5. The molecule has 5 nitrogen and oxygen atoms in total. The van der Waals surface area contributed by atoms with Crippen LogP contribution >= 0.6 is 24.0 Å². The van der Waals surface area contributed by atoms with Crippen LogP contribution in [0.15, 0.2) is 65.7 Å². The Morgan fingerprint density at radius 2 is 1.76 bits per heavy atom. The lowest BCUT2D eigenvalue weighted by Crippen LogP contribution is -2.48. The molecular formula is C26H35FIN5. The van der Waals surface area contributed by atoms with Gasteiger partial charge in [0.1, 0.15) is 5.82 Å². The number of aliphatic imine (C=N–C) groups is 1. The fraction of sp³-hybridized carbons (Fsp3) is 0.423. The minimum absolute atomic E-state index is 0. The molecule has 2 aliphatic heterocycles. The van der Waals surface area contributed by atoms with Crippen molar-refractivity contribution in [2.24, 2.45) is 4.99 Å². The van der Waals surface area contributed by atoms with E-state index in [0.29, 0.717) is 12.6 Å². The van der Waals surface area contributed by atoms with E-state index in [1.54, 1.807) is 12.1 Å².